The highest BCUT2D eigenvalue weighted by Crippen LogP contribution is 2.23. The topological polar surface area (TPSA) is 9.23 Å². The van der Waals surface area contributed by atoms with Crippen LogP contribution in [0.5, 0.6) is 0 Å². The molecule has 0 N–H and O–H groups in total. The van der Waals surface area contributed by atoms with Gasteiger partial charge in [0.25, 0.3) is 0 Å². The van der Waals surface area contributed by atoms with Crippen LogP contribution in [-0.2, 0) is 4.74 Å². The molecular formula is C10H12O. The minimum absolute atomic E-state index is 0.271. The third kappa shape index (κ3) is 1.29. The van der Waals surface area contributed by atoms with E-state index < -0.39 is 0 Å². The Balaban J connectivity index is 2.20. The van der Waals surface area contributed by atoms with Gasteiger partial charge in [-0.25, -0.2) is 0 Å². The summed E-state index contributed by atoms with van der Waals surface area (Å²) in [6.45, 7) is 2.07. The molecule has 1 heteroatoms. The predicted octanol–water partition coefficient (Wildman–Crippen LogP) is 2.07. The number of fused-ring (bicyclic) bond motifs is 1. The largest absolute Gasteiger partial charge is 0.366 e. The summed E-state index contributed by atoms with van der Waals surface area (Å²) in [7, 11) is 0. The molecule has 2 rings (SSSR count). The first-order valence-electron chi connectivity index (χ1n) is 4.05. The molecule has 1 nitrogen and oxygen atoms in total. The molecule has 3 unspecified atom stereocenters. The summed E-state index contributed by atoms with van der Waals surface area (Å²) in [5.41, 5.74) is 0. The summed E-state index contributed by atoms with van der Waals surface area (Å²) in [5, 5.41) is 0. The van der Waals surface area contributed by atoms with Crippen LogP contribution in [0.15, 0.2) is 36.5 Å². The summed E-state index contributed by atoms with van der Waals surface area (Å²) in [6.07, 6.45) is 13.3. The fourth-order valence-corrected chi connectivity index (χ4v) is 1.49. The van der Waals surface area contributed by atoms with Crippen LogP contribution in [0.4, 0.5) is 0 Å². The van der Waals surface area contributed by atoms with Gasteiger partial charge in [0.15, 0.2) is 0 Å². The van der Waals surface area contributed by atoms with Gasteiger partial charge in [-0.05, 0) is 6.92 Å². The van der Waals surface area contributed by atoms with Crippen molar-refractivity contribution in [1.29, 1.82) is 0 Å². The standard InChI is InChI=1S/C10H12O/c1-8-6-7-9-4-2-3-5-10(9)11-8/h2-10H,1H3. The van der Waals surface area contributed by atoms with Gasteiger partial charge in [-0.1, -0.05) is 36.5 Å². The molecular weight excluding hydrogens is 136 g/mol. The number of hydrogen-bond donors (Lipinski definition) is 0. The monoisotopic (exact) mass is 148 g/mol. The van der Waals surface area contributed by atoms with Crippen molar-refractivity contribution < 1.29 is 4.74 Å². The SMILES string of the molecule is CC1C=CC2C=CC=CC2O1. The smallest absolute Gasteiger partial charge is 0.0864 e. The highest BCUT2D eigenvalue weighted by Gasteiger charge is 2.21. The van der Waals surface area contributed by atoms with Crippen molar-refractivity contribution in [3.05, 3.63) is 36.5 Å². The Morgan fingerprint density at radius 3 is 2.73 bits per heavy atom. The number of hydrogen-bond acceptors (Lipinski definition) is 1. The first kappa shape index (κ1) is 6.86. The van der Waals surface area contributed by atoms with Crippen molar-refractivity contribution in [2.45, 2.75) is 19.1 Å². The highest BCUT2D eigenvalue weighted by molar-refractivity contribution is 5.22. The lowest BCUT2D eigenvalue weighted by molar-refractivity contribution is 0.0265. The van der Waals surface area contributed by atoms with Crippen molar-refractivity contribution in [1.82, 2.24) is 0 Å². The molecule has 0 saturated carbocycles. The van der Waals surface area contributed by atoms with Gasteiger partial charge in [-0.2, -0.15) is 0 Å². The quantitative estimate of drug-likeness (QED) is 0.478. The summed E-state index contributed by atoms with van der Waals surface area (Å²) in [5.74, 6) is 0.469. The Hall–Kier alpha value is -0.820. The average Bonchev–Trinajstić information content (AvgIpc) is 2.04. The molecule has 0 aromatic heterocycles. The van der Waals surface area contributed by atoms with E-state index in [-0.39, 0.29) is 12.2 Å². The summed E-state index contributed by atoms with van der Waals surface area (Å²) in [6, 6.07) is 0. The van der Waals surface area contributed by atoms with Gasteiger partial charge in [0.1, 0.15) is 0 Å². The van der Waals surface area contributed by atoms with Gasteiger partial charge in [0.05, 0.1) is 12.2 Å². The first-order valence-corrected chi connectivity index (χ1v) is 4.05. The zero-order valence-electron chi connectivity index (χ0n) is 6.60. The molecule has 1 aliphatic heterocycles. The van der Waals surface area contributed by atoms with E-state index in [1.54, 1.807) is 0 Å². The van der Waals surface area contributed by atoms with Gasteiger partial charge in [-0.3, -0.25) is 0 Å². The Labute approximate surface area is 67.1 Å². The Kier molecular flexibility index (Phi) is 1.66. The molecule has 2 aliphatic rings. The minimum Gasteiger partial charge on any atom is -0.366 e. The van der Waals surface area contributed by atoms with E-state index in [1.165, 1.54) is 0 Å². The molecule has 0 spiro atoms. The van der Waals surface area contributed by atoms with E-state index in [2.05, 4.69) is 37.3 Å². The molecule has 0 amide bonds. The van der Waals surface area contributed by atoms with Crippen LogP contribution in [0.25, 0.3) is 0 Å². The molecule has 1 aliphatic carbocycles. The van der Waals surface area contributed by atoms with Gasteiger partial charge in [-0.15, -0.1) is 0 Å². The van der Waals surface area contributed by atoms with E-state index in [9.17, 15) is 0 Å². The highest BCUT2D eigenvalue weighted by atomic mass is 16.5. The van der Waals surface area contributed by atoms with Crippen molar-refractivity contribution in [2.75, 3.05) is 0 Å². The molecule has 11 heavy (non-hydrogen) atoms. The molecule has 58 valence electrons. The third-order valence-corrected chi connectivity index (χ3v) is 2.10. The van der Waals surface area contributed by atoms with Gasteiger partial charge in [0.2, 0.25) is 0 Å². The maximum absolute atomic E-state index is 5.67. The number of rotatable bonds is 0. The fourth-order valence-electron chi connectivity index (χ4n) is 1.49. The van der Waals surface area contributed by atoms with Crippen molar-refractivity contribution >= 4 is 0 Å². The van der Waals surface area contributed by atoms with Crippen LogP contribution in [0.3, 0.4) is 0 Å². The summed E-state index contributed by atoms with van der Waals surface area (Å²) >= 11 is 0. The minimum atomic E-state index is 0.271. The lowest BCUT2D eigenvalue weighted by Crippen LogP contribution is -2.28. The van der Waals surface area contributed by atoms with Gasteiger partial charge >= 0.3 is 0 Å². The molecule has 0 bridgehead atoms. The first-order chi connectivity index (χ1) is 5.36. The van der Waals surface area contributed by atoms with Gasteiger partial charge < -0.3 is 4.74 Å². The summed E-state index contributed by atoms with van der Waals surface area (Å²) < 4.78 is 5.67. The normalized spacial score (nSPS) is 40.6. The van der Waals surface area contributed by atoms with Crippen LogP contribution in [0.1, 0.15) is 6.92 Å². The molecule has 0 fully saturated rings. The molecule has 0 aromatic carbocycles. The van der Waals surface area contributed by atoms with E-state index >= 15 is 0 Å². The third-order valence-electron chi connectivity index (χ3n) is 2.10. The van der Waals surface area contributed by atoms with E-state index in [4.69, 9.17) is 4.74 Å². The molecule has 0 aromatic rings. The molecule has 3 atom stereocenters. The second-order valence-corrected chi connectivity index (χ2v) is 3.04. The zero-order chi connectivity index (χ0) is 7.68. The van der Waals surface area contributed by atoms with Crippen LogP contribution in [0, 0.1) is 5.92 Å². The van der Waals surface area contributed by atoms with Crippen LogP contribution < -0.4 is 0 Å². The lowest BCUT2D eigenvalue weighted by Gasteiger charge is -2.28. The van der Waals surface area contributed by atoms with Crippen molar-refractivity contribution in [3.8, 4) is 0 Å². The molecule has 0 saturated heterocycles. The second kappa shape index (κ2) is 2.67. The number of ether oxygens (including phenoxy) is 1. The van der Waals surface area contributed by atoms with E-state index in [0.29, 0.717) is 5.92 Å². The van der Waals surface area contributed by atoms with Gasteiger partial charge in [0, 0.05) is 5.92 Å². The summed E-state index contributed by atoms with van der Waals surface area (Å²) in [4.78, 5) is 0. The van der Waals surface area contributed by atoms with Crippen molar-refractivity contribution in [3.63, 3.8) is 0 Å². The lowest BCUT2D eigenvalue weighted by atomic mass is 9.94. The van der Waals surface area contributed by atoms with Crippen LogP contribution in [0.2, 0.25) is 0 Å². The Morgan fingerprint density at radius 1 is 1.00 bits per heavy atom. The Morgan fingerprint density at radius 2 is 1.82 bits per heavy atom. The van der Waals surface area contributed by atoms with Crippen LogP contribution >= 0.6 is 0 Å². The zero-order valence-corrected chi connectivity index (χ0v) is 6.60. The Bertz CT molecular complexity index is 225. The van der Waals surface area contributed by atoms with Crippen LogP contribution in [-0.4, -0.2) is 12.2 Å². The predicted molar refractivity (Wildman–Crippen MR) is 45.2 cm³/mol. The van der Waals surface area contributed by atoms with E-state index in [0.717, 1.165) is 0 Å². The number of allylic oxidation sites excluding steroid dienone is 2. The molecule has 0 radical (unpaired) electrons. The maximum Gasteiger partial charge on any atom is 0.0864 e. The second-order valence-electron chi connectivity index (χ2n) is 3.04. The maximum atomic E-state index is 5.67. The fraction of sp³-hybridized carbons (Fsp3) is 0.400. The van der Waals surface area contributed by atoms with Crippen molar-refractivity contribution in [2.24, 2.45) is 5.92 Å². The average molecular weight is 148 g/mol. The molecule has 1 heterocycles. The van der Waals surface area contributed by atoms with E-state index in [1.807, 2.05) is 6.08 Å².